The third kappa shape index (κ3) is 3.03. The summed E-state index contributed by atoms with van der Waals surface area (Å²) in [5, 5.41) is 13.4. The second kappa shape index (κ2) is 6.78. The van der Waals surface area contributed by atoms with E-state index in [1.54, 1.807) is 11.6 Å². The molecule has 4 rings (SSSR count). The quantitative estimate of drug-likeness (QED) is 0.764. The van der Waals surface area contributed by atoms with Gasteiger partial charge in [-0.05, 0) is 48.6 Å². The van der Waals surface area contributed by atoms with Crippen LogP contribution in [0.2, 0.25) is 0 Å². The molecule has 0 aliphatic heterocycles. The van der Waals surface area contributed by atoms with Gasteiger partial charge in [-0.2, -0.15) is 5.10 Å². The van der Waals surface area contributed by atoms with E-state index in [1.165, 1.54) is 25.3 Å². The Morgan fingerprint density at radius 3 is 2.58 bits per heavy atom. The molecule has 0 amide bonds. The van der Waals surface area contributed by atoms with E-state index in [4.69, 9.17) is 9.72 Å². The minimum absolute atomic E-state index is 0.0129. The second-order valence-electron chi connectivity index (χ2n) is 6.75. The highest BCUT2D eigenvalue weighted by molar-refractivity contribution is 5.86. The molecule has 3 aromatic rings. The lowest BCUT2D eigenvalue weighted by Gasteiger charge is -2.24. The first-order valence-corrected chi connectivity index (χ1v) is 8.94. The van der Waals surface area contributed by atoms with Gasteiger partial charge in [0.15, 0.2) is 11.3 Å². The van der Waals surface area contributed by atoms with E-state index in [1.807, 2.05) is 30.5 Å². The molecule has 1 aliphatic rings. The van der Waals surface area contributed by atoms with Crippen molar-refractivity contribution in [1.82, 2.24) is 14.6 Å². The van der Waals surface area contributed by atoms with Gasteiger partial charge in [0.1, 0.15) is 5.75 Å². The lowest BCUT2D eigenvalue weighted by atomic mass is 9.83. The van der Waals surface area contributed by atoms with Crippen LogP contribution in [0.4, 0.5) is 0 Å². The molecule has 0 bridgehead atoms. The van der Waals surface area contributed by atoms with Crippen LogP contribution in [0.25, 0.3) is 16.9 Å². The second-order valence-corrected chi connectivity index (χ2v) is 6.75. The highest BCUT2D eigenvalue weighted by atomic mass is 16.5. The molecule has 26 heavy (non-hydrogen) atoms. The molecular weight excluding hydrogens is 330 g/mol. The third-order valence-corrected chi connectivity index (χ3v) is 5.10. The molecule has 1 saturated carbocycles. The van der Waals surface area contributed by atoms with Crippen molar-refractivity contribution < 1.29 is 14.6 Å². The largest absolute Gasteiger partial charge is 0.497 e. The maximum atomic E-state index is 11.3. The predicted molar refractivity (Wildman–Crippen MR) is 97.8 cm³/mol. The summed E-state index contributed by atoms with van der Waals surface area (Å²) < 4.78 is 6.85. The van der Waals surface area contributed by atoms with Crippen LogP contribution in [0.15, 0.2) is 36.5 Å². The molecule has 0 saturated heterocycles. The average molecular weight is 351 g/mol. The zero-order valence-electron chi connectivity index (χ0n) is 14.7. The number of carboxylic acids is 1. The number of hydrogen-bond acceptors (Lipinski definition) is 4. The molecule has 6 heteroatoms. The molecule has 6 nitrogen and oxygen atoms in total. The summed E-state index contributed by atoms with van der Waals surface area (Å²) in [6.07, 6.45) is 7.92. The maximum Gasteiger partial charge on any atom is 0.356 e. The van der Waals surface area contributed by atoms with Gasteiger partial charge in [-0.25, -0.2) is 14.3 Å². The fraction of sp³-hybridized carbons (Fsp3) is 0.350. The Labute approximate surface area is 151 Å². The van der Waals surface area contributed by atoms with Crippen LogP contribution in [0.1, 0.15) is 54.1 Å². The average Bonchev–Trinajstić information content (AvgIpc) is 3.11. The lowest BCUT2D eigenvalue weighted by molar-refractivity contribution is 0.0690. The van der Waals surface area contributed by atoms with E-state index in [9.17, 15) is 9.90 Å². The van der Waals surface area contributed by atoms with Crippen LogP contribution in [-0.4, -0.2) is 32.8 Å². The van der Waals surface area contributed by atoms with Crippen molar-refractivity contribution in [1.29, 1.82) is 0 Å². The summed E-state index contributed by atoms with van der Waals surface area (Å²) >= 11 is 0. The summed E-state index contributed by atoms with van der Waals surface area (Å²) in [6, 6.07) is 9.35. The number of carbonyl (C=O) groups is 1. The molecular formula is C20H21N3O3. The van der Waals surface area contributed by atoms with Crippen LogP contribution in [0, 0.1) is 0 Å². The Hall–Kier alpha value is -2.89. The maximum absolute atomic E-state index is 11.3. The molecule has 0 unspecified atom stereocenters. The lowest BCUT2D eigenvalue weighted by Crippen LogP contribution is -2.09. The monoisotopic (exact) mass is 351 g/mol. The van der Waals surface area contributed by atoms with Crippen molar-refractivity contribution >= 4 is 11.6 Å². The standard InChI is InChI=1S/C20H21N3O3/c1-26-15-9-7-14(8-10-15)19-16(13-5-3-2-4-6-13)12-23-18(21-19)11-17(22-23)20(24)25/h7-13H,2-6H2,1H3,(H,24,25). The summed E-state index contributed by atoms with van der Waals surface area (Å²) in [7, 11) is 1.65. The fourth-order valence-corrected chi connectivity index (χ4v) is 3.73. The van der Waals surface area contributed by atoms with Crippen LogP contribution >= 0.6 is 0 Å². The number of fused-ring (bicyclic) bond motifs is 1. The molecule has 0 radical (unpaired) electrons. The van der Waals surface area contributed by atoms with E-state index in [-0.39, 0.29) is 5.69 Å². The van der Waals surface area contributed by atoms with Crippen LogP contribution in [0.5, 0.6) is 5.75 Å². The van der Waals surface area contributed by atoms with Crippen LogP contribution in [-0.2, 0) is 0 Å². The number of ether oxygens (including phenoxy) is 1. The summed E-state index contributed by atoms with van der Waals surface area (Å²) in [5.74, 6) is 0.183. The van der Waals surface area contributed by atoms with Crippen molar-refractivity contribution in [3.05, 3.63) is 47.8 Å². The third-order valence-electron chi connectivity index (χ3n) is 5.10. The minimum Gasteiger partial charge on any atom is -0.497 e. The van der Waals surface area contributed by atoms with Crippen molar-refractivity contribution in [2.75, 3.05) is 7.11 Å². The molecule has 134 valence electrons. The highest BCUT2D eigenvalue weighted by Gasteiger charge is 2.22. The van der Waals surface area contributed by atoms with E-state index in [2.05, 4.69) is 5.10 Å². The molecule has 1 fully saturated rings. The Morgan fingerprint density at radius 1 is 1.19 bits per heavy atom. The van der Waals surface area contributed by atoms with Gasteiger partial charge in [0.2, 0.25) is 0 Å². The normalized spacial score (nSPS) is 15.3. The van der Waals surface area contributed by atoms with Crippen molar-refractivity contribution in [3.63, 3.8) is 0 Å². The Morgan fingerprint density at radius 2 is 1.92 bits per heavy atom. The first-order valence-electron chi connectivity index (χ1n) is 8.94. The molecule has 1 aromatic carbocycles. The van der Waals surface area contributed by atoms with Gasteiger partial charge >= 0.3 is 5.97 Å². The van der Waals surface area contributed by atoms with Crippen molar-refractivity contribution in [2.45, 2.75) is 38.0 Å². The van der Waals surface area contributed by atoms with Gasteiger partial charge in [0.05, 0.1) is 12.8 Å². The molecule has 2 heterocycles. The summed E-state index contributed by atoms with van der Waals surface area (Å²) in [4.78, 5) is 16.0. The van der Waals surface area contributed by atoms with Crippen molar-refractivity contribution in [2.24, 2.45) is 0 Å². The van der Waals surface area contributed by atoms with Gasteiger partial charge in [0.25, 0.3) is 0 Å². The van der Waals surface area contributed by atoms with E-state index in [0.717, 1.165) is 35.4 Å². The number of rotatable bonds is 4. The summed E-state index contributed by atoms with van der Waals surface area (Å²) in [6.45, 7) is 0. The first kappa shape index (κ1) is 16.6. The molecule has 1 aliphatic carbocycles. The SMILES string of the molecule is COc1ccc(-c2nc3cc(C(=O)O)nn3cc2C2CCCCC2)cc1. The van der Waals surface area contributed by atoms with Gasteiger partial charge in [-0.1, -0.05) is 19.3 Å². The number of hydrogen-bond donors (Lipinski definition) is 1. The van der Waals surface area contributed by atoms with E-state index < -0.39 is 5.97 Å². The minimum atomic E-state index is -1.04. The van der Waals surface area contributed by atoms with Gasteiger partial charge < -0.3 is 9.84 Å². The Balaban J connectivity index is 1.87. The smallest absolute Gasteiger partial charge is 0.356 e. The molecule has 0 spiro atoms. The van der Waals surface area contributed by atoms with Gasteiger partial charge in [-0.3, -0.25) is 0 Å². The first-order chi connectivity index (χ1) is 12.7. The van der Waals surface area contributed by atoms with Crippen LogP contribution < -0.4 is 4.74 Å². The number of methoxy groups -OCH3 is 1. The number of aromatic nitrogens is 3. The number of aromatic carboxylic acids is 1. The Bertz CT molecular complexity index is 941. The zero-order chi connectivity index (χ0) is 18.1. The van der Waals surface area contributed by atoms with E-state index in [0.29, 0.717) is 11.6 Å². The highest BCUT2D eigenvalue weighted by Crippen LogP contribution is 2.37. The summed E-state index contributed by atoms with van der Waals surface area (Å²) in [5.41, 5.74) is 3.62. The molecule has 1 N–H and O–H groups in total. The van der Waals surface area contributed by atoms with Crippen molar-refractivity contribution in [3.8, 4) is 17.0 Å². The van der Waals surface area contributed by atoms with Gasteiger partial charge in [-0.15, -0.1) is 0 Å². The molecule has 0 atom stereocenters. The van der Waals surface area contributed by atoms with Crippen LogP contribution in [0.3, 0.4) is 0 Å². The zero-order valence-corrected chi connectivity index (χ0v) is 14.7. The number of nitrogens with zero attached hydrogens (tertiary/aromatic N) is 3. The fourth-order valence-electron chi connectivity index (χ4n) is 3.73. The topological polar surface area (TPSA) is 76.7 Å². The Kier molecular flexibility index (Phi) is 4.32. The van der Waals surface area contributed by atoms with Gasteiger partial charge in [0, 0.05) is 17.8 Å². The number of benzene rings is 1. The molecule has 2 aromatic heterocycles. The predicted octanol–water partition coefficient (Wildman–Crippen LogP) is 4.15. The number of carboxylic acid groups (broad SMARTS) is 1. The van der Waals surface area contributed by atoms with E-state index >= 15 is 0 Å².